The Kier molecular flexibility index (Phi) is 2.36. The minimum atomic E-state index is -0.568. The largest absolute Gasteiger partial charge is 0.503 e. The minimum Gasteiger partial charge on any atom is -0.503 e. The Balaban J connectivity index is 2.22. The van der Waals surface area contributed by atoms with E-state index in [0.29, 0.717) is 19.0 Å². The van der Waals surface area contributed by atoms with Crippen LogP contribution >= 0.6 is 0 Å². The van der Waals surface area contributed by atoms with E-state index in [0.717, 1.165) is 13.1 Å². The highest BCUT2D eigenvalue weighted by molar-refractivity contribution is 5.41. The molecule has 0 aliphatic carbocycles. The summed E-state index contributed by atoms with van der Waals surface area (Å²) in [5.41, 5.74) is -0.568. The van der Waals surface area contributed by atoms with Crippen LogP contribution in [0, 0.1) is 0 Å². The van der Waals surface area contributed by atoms with Gasteiger partial charge in [0.15, 0.2) is 11.6 Å². The zero-order valence-electron chi connectivity index (χ0n) is 7.56. The van der Waals surface area contributed by atoms with Crippen LogP contribution in [-0.2, 0) is 4.74 Å². The van der Waals surface area contributed by atoms with Crippen molar-refractivity contribution < 1.29 is 9.84 Å². The van der Waals surface area contributed by atoms with Crippen molar-refractivity contribution in [2.45, 2.75) is 0 Å². The van der Waals surface area contributed by atoms with Crippen LogP contribution in [0.3, 0.4) is 0 Å². The van der Waals surface area contributed by atoms with E-state index < -0.39 is 5.56 Å². The number of hydrogen-bond acceptors (Lipinski definition) is 5. The SMILES string of the molecule is O=c1[nH]nc(N2CCOCC2)cc1O. The first-order valence-electron chi connectivity index (χ1n) is 4.39. The number of nitrogens with one attached hydrogen (secondary N) is 1. The molecule has 14 heavy (non-hydrogen) atoms. The van der Waals surface area contributed by atoms with Crippen LogP contribution in [0.25, 0.3) is 0 Å². The zero-order chi connectivity index (χ0) is 9.97. The molecule has 1 aromatic rings. The number of morpholine rings is 1. The molecule has 6 nitrogen and oxygen atoms in total. The second-order valence-electron chi connectivity index (χ2n) is 3.04. The summed E-state index contributed by atoms with van der Waals surface area (Å²) in [5, 5.41) is 15.3. The van der Waals surface area contributed by atoms with Gasteiger partial charge in [-0.3, -0.25) is 4.79 Å². The van der Waals surface area contributed by atoms with Gasteiger partial charge in [-0.15, -0.1) is 0 Å². The van der Waals surface area contributed by atoms with Crippen molar-refractivity contribution in [3.63, 3.8) is 0 Å². The van der Waals surface area contributed by atoms with Gasteiger partial charge in [0.25, 0.3) is 0 Å². The summed E-state index contributed by atoms with van der Waals surface area (Å²) in [6, 6.07) is 1.37. The molecule has 76 valence electrons. The molecular formula is C8H11N3O3. The van der Waals surface area contributed by atoms with Crippen molar-refractivity contribution in [1.82, 2.24) is 10.2 Å². The number of ether oxygens (including phenoxy) is 1. The van der Waals surface area contributed by atoms with E-state index in [4.69, 9.17) is 4.74 Å². The monoisotopic (exact) mass is 197 g/mol. The zero-order valence-corrected chi connectivity index (χ0v) is 7.56. The van der Waals surface area contributed by atoms with Gasteiger partial charge in [0, 0.05) is 19.2 Å². The third kappa shape index (κ3) is 1.69. The molecule has 0 aromatic carbocycles. The molecule has 0 radical (unpaired) electrons. The van der Waals surface area contributed by atoms with E-state index in [1.54, 1.807) is 0 Å². The van der Waals surface area contributed by atoms with Crippen LogP contribution in [0.5, 0.6) is 5.75 Å². The summed E-state index contributed by atoms with van der Waals surface area (Å²) < 4.78 is 5.17. The van der Waals surface area contributed by atoms with E-state index in [2.05, 4.69) is 10.2 Å². The first-order chi connectivity index (χ1) is 6.77. The van der Waals surface area contributed by atoms with Crippen LogP contribution in [-0.4, -0.2) is 41.6 Å². The van der Waals surface area contributed by atoms with Crippen LogP contribution in [0.15, 0.2) is 10.9 Å². The summed E-state index contributed by atoms with van der Waals surface area (Å²) in [7, 11) is 0. The summed E-state index contributed by atoms with van der Waals surface area (Å²) >= 11 is 0. The van der Waals surface area contributed by atoms with Crippen molar-refractivity contribution in [3.8, 4) is 5.75 Å². The van der Waals surface area contributed by atoms with Crippen LogP contribution in [0.4, 0.5) is 5.82 Å². The lowest BCUT2D eigenvalue weighted by Gasteiger charge is -2.27. The van der Waals surface area contributed by atoms with E-state index in [9.17, 15) is 9.90 Å². The van der Waals surface area contributed by atoms with Gasteiger partial charge in [-0.1, -0.05) is 0 Å². The Morgan fingerprint density at radius 3 is 2.86 bits per heavy atom. The van der Waals surface area contributed by atoms with E-state index in [-0.39, 0.29) is 5.75 Å². The number of H-pyrrole nitrogens is 1. The van der Waals surface area contributed by atoms with Crippen molar-refractivity contribution in [2.24, 2.45) is 0 Å². The molecule has 0 spiro atoms. The maximum atomic E-state index is 10.8. The van der Waals surface area contributed by atoms with E-state index in [1.165, 1.54) is 6.07 Å². The predicted molar refractivity (Wildman–Crippen MR) is 49.6 cm³/mol. The normalized spacial score (nSPS) is 17.0. The molecule has 2 rings (SSSR count). The Labute approximate surface area is 80.1 Å². The molecule has 1 aliphatic rings. The maximum Gasteiger partial charge on any atom is 0.306 e. The smallest absolute Gasteiger partial charge is 0.306 e. The average Bonchev–Trinajstić information content (AvgIpc) is 2.23. The maximum absolute atomic E-state index is 10.8. The first kappa shape index (κ1) is 9.01. The fourth-order valence-electron chi connectivity index (χ4n) is 1.34. The lowest BCUT2D eigenvalue weighted by molar-refractivity contribution is 0.122. The lowest BCUT2D eigenvalue weighted by atomic mass is 10.4. The molecule has 0 atom stereocenters. The molecule has 0 saturated carbocycles. The number of aromatic amines is 1. The minimum absolute atomic E-state index is 0.304. The standard InChI is InChI=1S/C8H11N3O3/c12-6-5-7(9-10-8(6)13)11-1-3-14-4-2-11/h5H,1-4H2,(H,9,12)(H,10,13). The molecule has 2 heterocycles. The summed E-state index contributed by atoms with van der Waals surface area (Å²) in [4.78, 5) is 12.8. The number of aromatic hydroxyl groups is 1. The Morgan fingerprint density at radius 1 is 1.50 bits per heavy atom. The molecule has 0 bridgehead atoms. The highest BCUT2D eigenvalue weighted by Crippen LogP contribution is 2.13. The second kappa shape index (κ2) is 3.67. The van der Waals surface area contributed by atoms with Crippen LogP contribution < -0.4 is 10.5 Å². The van der Waals surface area contributed by atoms with Crippen molar-refractivity contribution in [3.05, 3.63) is 16.4 Å². The molecule has 0 unspecified atom stereocenters. The summed E-state index contributed by atoms with van der Waals surface area (Å²) in [6.07, 6.45) is 0. The molecule has 2 N–H and O–H groups in total. The van der Waals surface area contributed by atoms with Gasteiger partial charge in [-0.05, 0) is 0 Å². The van der Waals surface area contributed by atoms with Crippen molar-refractivity contribution in [2.75, 3.05) is 31.2 Å². The van der Waals surface area contributed by atoms with Gasteiger partial charge in [0.1, 0.15) is 0 Å². The number of nitrogens with zero attached hydrogens (tertiary/aromatic N) is 2. The van der Waals surface area contributed by atoms with E-state index >= 15 is 0 Å². The summed E-state index contributed by atoms with van der Waals surface area (Å²) in [6.45, 7) is 2.72. The summed E-state index contributed by atoms with van der Waals surface area (Å²) in [5.74, 6) is 0.270. The third-order valence-corrected chi connectivity index (χ3v) is 2.11. The van der Waals surface area contributed by atoms with Gasteiger partial charge in [-0.25, -0.2) is 5.10 Å². The second-order valence-corrected chi connectivity index (χ2v) is 3.04. The Hall–Kier alpha value is -1.56. The number of anilines is 1. The van der Waals surface area contributed by atoms with Gasteiger partial charge in [0.05, 0.1) is 13.2 Å². The number of hydrogen-bond donors (Lipinski definition) is 2. The Morgan fingerprint density at radius 2 is 2.21 bits per heavy atom. The van der Waals surface area contributed by atoms with Gasteiger partial charge >= 0.3 is 5.56 Å². The quantitative estimate of drug-likeness (QED) is 0.623. The van der Waals surface area contributed by atoms with Gasteiger partial charge in [-0.2, -0.15) is 5.10 Å². The third-order valence-electron chi connectivity index (χ3n) is 2.11. The van der Waals surface area contributed by atoms with Gasteiger partial charge < -0.3 is 14.7 Å². The molecule has 6 heteroatoms. The van der Waals surface area contributed by atoms with Gasteiger partial charge in [0.2, 0.25) is 0 Å². The average molecular weight is 197 g/mol. The van der Waals surface area contributed by atoms with Crippen molar-refractivity contribution in [1.29, 1.82) is 0 Å². The molecule has 0 amide bonds. The fraction of sp³-hybridized carbons (Fsp3) is 0.500. The molecule has 1 aliphatic heterocycles. The van der Waals surface area contributed by atoms with Crippen LogP contribution in [0.2, 0.25) is 0 Å². The molecule has 1 aromatic heterocycles. The highest BCUT2D eigenvalue weighted by atomic mass is 16.5. The molecule has 1 fully saturated rings. The Bertz CT molecular complexity index is 370. The molecule has 1 saturated heterocycles. The number of rotatable bonds is 1. The molecular weight excluding hydrogens is 186 g/mol. The number of aromatic nitrogens is 2. The topological polar surface area (TPSA) is 78.5 Å². The highest BCUT2D eigenvalue weighted by Gasteiger charge is 2.13. The first-order valence-corrected chi connectivity index (χ1v) is 4.39. The predicted octanol–water partition coefficient (Wildman–Crippen LogP) is -0.688. The van der Waals surface area contributed by atoms with Crippen molar-refractivity contribution >= 4 is 5.82 Å². The van der Waals surface area contributed by atoms with E-state index in [1.807, 2.05) is 4.90 Å². The fourth-order valence-corrected chi connectivity index (χ4v) is 1.34. The lowest BCUT2D eigenvalue weighted by Crippen LogP contribution is -2.37. The van der Waals surface area contributed by atoms with Crippen LogP contribution in [0.1, 0.15) is 0 Å².